The summed E-state index contributed by atoms with van der Waals surface area (Å²) in [6.45, 7) is 8.65. The average molecular weight is 801 g/mol. The summed E-state index contributed by atoms with van der Waals surface area (Å²) in [5.41, 5.74) is 14.0. The van der Waals surface area contributed by atoms with Gasteiger partial charge in [-0.3, -0.25) is 14.6 Å². The molecule has 3 unspecified atom stereocenters. The van der Waals surface area contributed by atoms with Crippen LogP contribution in [0.4, 0.5) is 25.4 Å². The average Bonchev–Trinajstić information content (AvgIpc) is 3.21. The van der Waals surface area contributed by atoms with E-state index in [9.17, 15) is 29.1 Å². The Labute approximate surface area is 334 Å². The van der Waals surface area contributed by atoms with Crippen molar-refractivity contribution in [3.05, 3.63) is 106 Å². The Bertz CT molecular complexity index is 2210. The fraction of sp³-hybridized carbons (Fsp3) is 0.366. The van der Waals surface area contributed by atoms with Crippen LogP contribution >= 0.6 is 0 Å². The smallest absolute Gasteiger partial charge is 0.410 e. The maximum absolute atomic E-state index is 15.3. The van der Waals surface area contributed by atoms with Gasteiger partial charge < -0.3 is 51.0 Å². The summed E-state index contributed by atoms with van der Waals surface area (Å²) in [5.74, 6) is -3.33. The van der Waals surface area contributed by atoms with Crippen molar-refractivity contribution in [3.63, 3.8) is 0 Å². The Balaban J connectivity index is 1.09. The number of alkyl carbamates (subject to hydrolysis) is 1. The van der Waals surface area contributed by atoms with Gasteiger partial charge >= 0.3 is 18.2 Å². The molecule has 0 spiro atoms. The lowest BCUT2D eigenvalue weighted by Gasteiger charge is -2.35. The molecular formula is C41H49FN8O8. The molecule has 308 valence electrons. The van der Waals surface area contributed by atoms with Crippen LogP contribution in [-0.4, -0.2) is 82.9 Å². The lowest BCUT2D eigenvalue weighted by atomic mass is 10.0. The van der Waals surface area contributed by atoms with Gasteiger partial charge in [0, 0.05) is 50.0 Å². The first-order valence-corrected chi connectivity index (χ1v) is 18.9. The van der Waals surface area contributed by atoms with Crippen LogP contribution in [0.15, 0.2) is 82.7 Å². The molecule has 2 heterocycles. The number of nitrogens with one attached hydrogen (secondary N) is 2. The third kappa shape index (κ3) is 10.5. The molecule has 16 nitrogen and oxygen atoms in total. The molecule has 58 heavy (non-hydrogen) atoms. The number of nitrogens with two attached hydrogens (primary N) is 2. The second-order valence-corrected chi connectivity index (χ2v) is 14.3. The summed E-state index contributed by atoms with van der Waals surface area (Å²) in [6.07, 6.45) is -0.958. The molecule has 4 aromatic rings. The normalized spacial score (nSPS) is 14.8. The van der Waals surface area contributed by atoms with Gasteiger partial charge in [-0.15, -0.1) is 0 Å². The third-order valence-electron chi connectivity index (χ3n) is 9.88. The second-order valence-electron chi connectivity index (χ2n) is 14.3. The Kier molecular flexibility index (Phi) is 14.0. The minimum atomic E-state index is -1.38. The van der Waals surface area contributed by atoms with E-state index in [2.05, 4.69) is 15.6 Å². The van der Waals surface area contributed by atoms with E-state index >= 15 is 4.39 Å². The van der Waals surface area contributed by atoms with Crippen LogP contribution in [0.25, 0.3) is 10.9 Å². The van der Waals surface area contributed by atoms with Crippen LogP contribution in [0.5, 0.6) is 0 Å². The SMILES string of the molecule is CCn1cc(C(=O)O)c(=O)c2cc(F)c(N3CCN(C(=O)OCc4ccc(NC(=O)C(C)C(N)N=C(N)C(NC(=O)OCc5ccccc5)C(C)C)cc4)CC3)cc21. The number of rotatable bonds is 14. The van der Waals surface area contributed by atoms with Gasteiger partial charge in [-0.2, -0.15) is 0 Å². The van der Waals surface area contributed by atoms with Crippen LogP contribution in [0.3, 0.4) is 0 Å². The minimum absolute atomic E-state index is 0.0170. The zero-order valence-electron chi connectivity index (χ0n) is 32.8. The Hall–Kier alpha value is -6.49. The van der Waals surface area contributed by atoms with Crippen molar-refractivity contribution in [1.29, 1.82) is 0 Å². The summed E-state index contributed by atoms with van der Waals surface area (Å²) in [5, 5.41) is 14.9. The molecule has 3 amide bonds. The van der Waals surface area contributed by atoms with Crippen molar-refractivity contribution in [2.75, 3.05) is 36.4 Å². The predicted octanol–water partition coefficient (Wildman–Crippen LogP) is 4.49. The number of ether oxygens (including phenoxy) is 2. The second kappa shape index (κ2) is 19.1. The van der Waals surface area contributed by atoms with Crippen molar-refractivity contribution < 1.29 is 38.1 Å². The molecule has 1 saturated heterocycles. The number of carboxylic acid groups (broad SMARTS) is 1. The van der Waals surface area contributed by atoms with Crippen LogP contribution in [0.2, 0.25) is 0 Å². The fourth-order valence-electron chi connectivity index (χ4n) is 6.36. The molecule has 0 saturated carbocycles. The number of halogens is 1. The van der Waals surface area contributed by atoms with Crippen molar-refractivity contribution in [1.82, 2.24) is 14.8 Å². The number of piperazine rings is 1. The number of pyridine rings is 1. The molecular weight excluding hydrogens is 751 g/mol. The summed E-state index contributed by atoms with van der Waals surface area (Å²) >= 11 is 0. The van der Waals surface area contributed by atoms with E-state index in [0.29, 0.717) is 36.4 Å². The Morgan fingerprint density at radius 3 is 2.19 bits per heavy atom. The van der Waals surface area contributed by atoms with E-state index in [0.717, 1.165) is 11.6 Å². The maximum atomic E-state index is 15.3. The molecule has 0 bridgehead atoms. The van der Waals surface area contributed by atoms with Crippen molar-refractivity contribution in [2.45, 2.75) is 59.7 Å². The third-order valence-corrected chi connectivity index (χ3v) is 9.88. The number of carbonyl (C=O) groups excluding carboxylic acids is 3. The number of benzene rings is 3. The first-order valence-electron chi connectivity index (χ1n) is 18.9. The molecule has 3 atom stereocenters. The first kappa shape index (κ1) is 42.6. The van der Waals surface area contributed by atoms with E-state index in [1.807, 2.05) is 44.2 Å². The number of carbonyl (C=O) groups is 4. The lowest BCUT2D eigenvalue weighted by Crippen LogP contribution is -2.49. The van der Waals surface area contributed by atoms with Crippen LogP contribution in [0, 0.1) is 17.7 Å². The Morgan fingerprint density at radius 1 is 0.931 bits per heavy atom. The number of aromatic carboxylic acids is 1. The lowest BCUT2D eigenvalue weighted by molar-refractivity contribution is -0.119. The molecule has 1 aliphatic rings. The highest BCUT2D eigenvalue weighted by Crippen LogP contribution is 2.27. The number of hydrogen-bond acceptors (Lipinski definition) is 10. The van der Waals surface area contributed by atoms with Gasteiger partial charge in [0.05, 0.1) is 23.2 Å². The number of aryl methyl sites for hydroxylation is 1. The monoisotopic (exact) mass is 800 g/mol. The van der Waals surface area contributed by atoms with Gasteiger partial charge in [0.1, 0.15) is 36.6 Å². The highest BCUT2D eigenvalue weighted by molar-refractivity contribution is 5.94. The van der Waals surface area contributed by atoms with Gasteiger partial charge in [-0.05, 0) is 48.2 Å². The fourth-order valence-corrected chi connectivity index (χ4v) is 6.36. The molecule has 0 radical (unpaired) electrons. The summed E-state index contributed by atoms with van der Waals surface area (Å²) < 4.78 is 27.7. The number of fused-ring (bicyclic) bond motifs is 1. The highest BCUT2D eigenvalue weighted by Gasteiger charge is 2.27. The molecule has 1 aromatic heterocycles. The van der Waals surface area contributed by atoms with Crippen LogP contribution in [0.1, 0.15) is 49.2 Å². The number of aromatic nitrogens is 1. The number of aliphatic imine (C=N–C) groups is 1. The molecule has 5 rings (SSSR count). The minimum Gasteiger partial charge on any atom is -0.477 e. The van der Waals surface area contributed by atoms with Gasteiger partial charge in [-0.1, -0.05) is 63.2 Å². The Morgan fingerprint density at radius 2 is 1.57 bits per heavy atom. The molecule has 0 aliphatic carbocycles. The summed E-state index contributed by atoms with van der Waals surface area (Å²) in [7, 11) is 0. The van der Waals surface area contributed by atoms with Crippen LogP contribution < -0.4 is 32.4 Å². The van der Waals surface area contributed by atoms with E-state index in [1.54, 1.807) is 47.6 Å². The van der Waals surface area contributed by atoms with E-state index in [-0.39, 0.29) is 49.1 Å². The van der Waals surface area contributed by atoms with E-state index in [1.165, 1.54) is 17.2 Å². The molecule has 1 aliphatic heterocycles. The number of anilines is 2. The van der Waals surface area contributed by atoms with Gasteiger partial charge in [0.25, 0.3) is 0 Å². The largest absolute Gasteiger partial charge is 0.477 e. The number of amidine groups is 1. The summed E-state index contributed by atoms with van der Waals surface area (Å²) in [6, 6.07) is 17.9. The number of nitrogens with zero attached hydrogens (tertiary/aromatic N) is 4. The van der Waals surface area contributed by atoms with E-state index < -0.39 is 59.0 Å². The van der Waals surface area contributed by atoms with Crippen LogP contribution in [-0.2, 0) is 34.0 Å². The topological polar surface area (TPSA) is 224 Å². The highest BCUT2D eigenvalue weighted by atomic mass is 19.1. The number of amides is 3. The van der Waals surface area contributed by atoms with Crippen molar-refractivity contribution in [3.8, 4) is 0 Å². The number of hydrogen-bond donors (Lipinski definition) is 5. The van der Waals surface area contributed by atoms with Gasteiger partial charge in [-0.25, -0.2) is 18.8 Å². The summed E-state index contributed by atoms with van der Waals surface area (Å²) in [4.78, 5) is 70.3. The van der Waals surface area contributed by atoms with Gasteiger partial charge in [0.2, 0.25) is 11.3 Å². The number of carboxylic acids is 1. The van der Waals surface area contributed by atoms with Gasteiger partial charge in [0.15, 0.2) is 0 Å². The first-order chi connectivity index (χ1) is 27.7. The quantitative estimate of drug-likeness (QED) is 0.0883. The van der Waals surface area contributed by atoms with Crippen molar-refractivity contribution in [2.24, 2.45) is 28.3 Å². The standard InChI is InChI=1S/C41H49FN8O8/c1-5-48-21-30(39(53)54)35(51)29-19-31(42)33(20-32(29)48)49-15-17-50(18-16-49)41(56)58-23-27-11-13-28(14-12-27)45-38(52)25(4)36(43)47-37(44)34(24(2)3)46-40(55)57-22-26-9-7-6-8-10-26/h6-14,19-21,24-25,34,36H,5,15-18,22-23,43H2,1-4H3,(H2,44,47)(H,45,52)(H,46,55)(H,53,54). The zero-order chi connectivity index (χ0) is 42.1. The molecule has 17 heteroatoms. The van der Waals surface area contributed by atoms with Crippen molar-refractivity contribution >= 4 is 52.2 Å². The van der Waals surface area contributed by atoms with E-state index in [4.69, 9.17) is 20.9 Å². The predicted molar refractivity (Wildman–Crippen MR) is 217 cm³/mol. The molecule has 7 N–H and O–H groups in total. The zero-order valence-corrected chi connectivity index (χ0v) is 32.8. The molecule has 3 aromatic carbocycles. The maximum Gasteiger partial charge on any atom is 0.410 e. The molecule has 1 fully saturated rings.